The third-order valence-electron chi connectivity index (χ3n) is 5.52. The topological polar surface area (TPSA) is 96.2 Å². The first-order valence-corrected chi connectivity index (χ1v) is 9.66. The van der Waals surface area contributed by atoms with Crippen LogP contribution in [0.15, 0.2) is 30.9 Å². The minimum atomic E-state index is -0.965. The van der Waals surface area contributed by atoms with Crippen molar-refractivity contribution in [3.63, 3.8) is 0 Å². The summed E-state index contributed by atoms with van der Waals surface area (Å²) < 4.78 is 1.91. The first-order valence-electron chi connectivity index (χ1n) is 9.66. The largest absolute Gasteiger partial charge is 0.478 e. The molecule has 144 valence electrons. The summed E-state index contributed by atoms with van der Waals surface area (Å²) in [6.07, 6.45) is 7.52. The molecule has 0 spiro atoms. The summed E-state index contributed by atoms with van der Waals surface area (Å²) in [7, 11) is 0. The van der Waals surface area contributed by atoms with Crippen molar-refractivity contribution < 1.29 is 9.90 Å². The van der Waals surface area contributed by atoms with Crippen LogP contribution < -0.4 is 10.2 Å². The number of carbonyl (C=O) groups is 1. The third-order valence-corrected chi connectivity index (χ3v) is 5.52. The number of nitrogens with zero attached hydrogens (tertiary/aromatic N) is 5. The summed E-state index contributed by atoms with van der Waals surface area (Å²) in [4.78, 5) is 27.3. The zero-order valence-corrected chi connectivity index (χ0v) is 15.7. The maximum absolute atomic E-state index is 11.4. The highest BCUT2D eigenvalue weighted by Gasteiger charge is 2.31. The molecule has 1 saturated heterocycles. The van der Waals surface area contributed by atoms with E-state index in [0.29, 0.717) is 17.8 Å². The van der Waals surface area contributed by atoms with Gasteiger partial charge < -0.3 is 15.3 Å². The van der Waals surface area contributed by atoms with Crippen LogP contribution in [0.4, 0.5) is 5.82 Å². The van der Waals surface area contributed by atoms with Gasteiger partial charge in [-0.25, -0.2) is 19.7 Å². The second-order valence-electron chi connectivity index (χ2n) is 7.63. The molecule has 3 aromatic heterocycles. The van der Waals surface area contributed by atoms with Crippen molar-refractivity contribution in [2.45, 2.75) is 31.7 Å². The predicted octanol–water partition coefficient (Wildman–Crippen LogP) is 2.19. The molecule has 2 aliphatic rings. The molecule has 4 heterocycles. The molecule has 1 aliphatic carbocycles. The molecule has 1 aliphatic heterocycles. The van der Waals surface area contributed by atoms with Gasteiger partial charge in [0.15, 0.2) is 5.65 Å². The number of aromatic carboxylic acids is 1. The zero-order valence-electron chi connectivity index (χ0n) is 15.7. The molecule has 0 bridgehead atoms. The average molecular weight is 378 g/mol. The summed E-state index contributed by atoms with van der Waals surface area (Å²) in [5, 5.41) is 13.9. The Morgan fingerprint density at radius 1 is 1.29 bits per heavy atom. The maximum Gasteiger partial charge on any atom is 0.335 e. The number of carboxylic acids is 1. The van der Waals surface area contributed by atoms with Gasteiger partial charge in [0, 0.05) is 38.1 Å². The molecule has 8 nitrogen and oxygen atoms in total. The second-order valence-corrected chi connectivity index (χ2v) is 7.63. The third kappa shape index (κ3) is 2.90. The summed E-state index contributed by atoms with van der Waals surface area (Å²) in [6, 6.07) is 3.49. The van der Waals surface area contributed by atoms with E-state index in [1.807, 2.05) is 4.57 Å². The fourth-order valence-electron chi connectivity index (χ4n) is 4.00. The SMILES string of the molecule is C[C@@H]1CN(c2ncnc3c2c(C2CC2)cn3-c2cc(C(=O)O)ccn2)CCN1. The molecule has 0 aromatic carbocycles. The van der Waals surface area contributed by atoms with Crippen molar-refractivity contribution in [2.75, 3.05) is 24.5 Å². The maximum atomic E-state index is 11.4. The van der Waals surface area contributed by atoms with Gasteiger partial charge in [0.1, 0.15) is 18.0 Å². The number of rotatable bonds is 4. The fraction of sp³-hybridized carbons (Fsp3) is 0.400. The molecule has 3 aromatic rings. The van der Waals surface area contributed by atoms with Gasteiger partial charge >= 0.3 is 5.97 Å². The Morgan fingerprint density at radius 2 is 2.14 bits per heavy atom. The van der Waals surface area contributed by atoms with Crippen LogP contribution in [0.1, 0.15) is 41.6 Å². The van der Waals surface area contributed by atoms with Crippen LogP contribution in [0, 0.1) is 0 Å². The van der Waals surface area contributed by atoms with E-state index in [1.165, 1.54) is 17.8 Å². The van der Waals surface area contributed by atoms with E-state index >= 15 is 0 Å². The predicted molar refractivity (Wildman–Crippen MR) is 105 cm³/mol. The van der Waals surface area contributed by atoms with Gasteiger partial charge in [-0.05, 0) is 43.4 Å². The highest BCUT2D eigenvalue weighted by Crippen LogP contribution is 2.46. The quantitative estimate of drug-likeness (QED) is 0.718. The van der Waals surface area contributed by atoms with E-state index in [-0.39, 0.29) is 5.56 Å². The van der Waals surface area contributed by atoms with E-state index in [1.54, 1.807) is 12.4 Å². The number of pyridine rings is 1. The normalized spacial score (nSPS) is 19.9. The van der Waals surface area contributed by atoms with Gasteiger partial charge in [0.25, 0.3) is 0 Å². The van der Waals surface area contributed by atoms with Gasteiger partial charge in [0.05, 0.1) is 10.9 Å². The first kappa shape index (κ1) is 17.1. The minimum absolute atomic E-state index is 0.213. The molecule has 5 rings (SSSR count). The van der Waals surface area contributed by atoms with Crippen LogP contribution in [0.25, 0.3) is 16.9 Å². The van der Waals surface area contributed by atoms with Crippen LogP contribution >= 0.6 is 0 Å². The Kier molecular flexibility index (Phi) is 4.01. The van der Waals surface area contributed by atoms with Crippen LogP contribution in [0.5, 0.6) is 0 Å². The lowest BCUT2D eigenvalue weighted by Crippen LogP contribution is -2.49. The summed E-state index contributed by atoms with van der Waals surface area (Å²) in [5.74, 6) is 1.08. The van der Waals surface area contributed by atoms with Gasteiger partial charge in [0.2, 0.25) is 0 Å². The highest BCUT2D eigenvalue weighted by atomic mass is 16.4. The standard InChI is InChI=1S/C20H22N6O2/c1-12-9-25(7-6-21-12)18-17-15(13-2-3-13)10-26(19(17)24-11-23-18)16-8-14(20(27)28)4-5-22-16/h4-5,8,10-13,21H,2-3,6-7,9H2,1H3,(H,27,28)/t12-/m1/s1. The number of piperazine rings is 1. The van der Waals surface area contributed by atoms with E-state index in [9.17, 15) is 9.90 Å². The lowest BCUT2D eigenvalue weighted by Gasteiger charge is -2.33. The highest BCUT2D eigenvalue weighted by molar-refractivity contribution is 5.93. The first-order chi connectivity index (χ1) is 13.6. The monoisotopic (exact) mass is 378 g/mol. The molecule has 28 heavy (non-hydrogen) atoms. The molecular weight excluding hydrogens is 356 g/mol. The Morgan fingerprint density at radius 3 is 2.89 bits per heavy atom. The number of fused-ring (bicyclic) bond motifs is 1. The second kappa shape index (κ2) is 6.56. The van der Waals surface area contributed by atoms with Crippen LogP contribution in [-0.2, 0) is 0 Å². The van der Waals surface area contributed by atoms with Crippen LogP contribution in [0.3, 0.4) is 0 Å². The van der Waals surface area contributed by atoms with Gasteiger partial charge in [-0.3, -0.25) is 4.57 Å². The van der Waals surface area contributed by atoms with Crippen molar-refractivity contribution in [1.82, 2.24) is 24.8 Å². The summed E-state index contributed by atoms with van der Waals surface area (Å²) >= 11 is 0. The molecular formula is C20H22N6O2. The van der Waals surface area contributed by atoms with Gasteiger partial charge in [-0.1, -0.05) is 0 Å². The lowest BCUT2D eigenvalue weighted by atomic mass is 10.1. The number of carboxylic acid groups (broad SMARTS) is 1. The lowest BCUT2D eigenvalue weighted by molar-refractivity contribution is 0.0696. The number of nitrogens with one attached hydrogen (secondary N) is 1. The fourth-order valence-corrected chi connectivity index (χ4v) is 4.00. The number of anilines is 1. The van der Waals surface area contributed by atoms with Crippen molar-refractivity contribution in [2.24, 2.45) is 0 Å². The summed E-state index contributed by atoms with van der Waals surface area (Å²) in [6.45, 7) is 4.90. The van der Waals surface area contributed by atoms with Crippen LogP contribution in [-0.4, -0.2) is 56.3 Å². The Labute approximate surface area is 162 Å². The zero-order chi connectivity index (χ0) is 19.3. The van der Waals surface area contributed by atoms with E-state index in [2.05, 4.69) is 38.3 Å². The molecule has 8 heteroatoms. The number of hydrogen-bond acceptors (Lipinski definition) is 6. The summed E-state index contributed by atoms with van der Waals surface area (Å²) in [5.41, 5.74) is 2.23. The minimum Gasteiger partial charge on any atom is -0.478 e. The molecule has 2 fully saturated rings. The van der Waals surface area contributed by atoms with Gasteiger partial charge in [-0.2, -0.15) is 0 Å². The van der Waals surface area contributed by atoms with E-state index in [0.717, 1.165) is 49.3 Å². The molecule has 1 atom stereocenters. The molecule has 1 saturated carbocycles. The van der Waals surface area contributed by atoms with Crippen molar-refractivity contribution in [3.05, 3.63) is 42.0 Å². The van der Waals surface area contributed by atoms with Crippen LogP contribution in [0.2, 0.25) is 0 Å². The average Bonchev–Trinajstić information content (AvgIpc) is 3.48. The Bertz CT molecular complexity index is 1060. The molecule has 0 amide bonds. The van der Waals surface area contributed by atoms with E-state index < -0.39 is 5.97 Å². The molecule has 0 radical (unpaired) electrons. The Balaban J connectivity index is 1.69. The van der Waals surface area contributed by atoms with Crippen molar-refractivity contribution in [1.29, 1.82) is 0 Å². The molecule has 0 unspecified atom stereocenters. The number of aromatic nitrogens is 4. The van der Waals surface area contributed by atoms with Crippen molar-refractivity contribution >= 4 is 22.8 Å². The number of hydrogen-bond donors (Lipinski definition) is 2. The molecule has 2 N–H and O–H groups in total. The van der Waals surface area contributed by atoms with Crippen molar-refractivity contribution in [3.8, 4) is 5.82 Å². The van der Waals surface area contributed by atoms with Gasteiger partial charge in [-0.15, -0.1) is 0 Å². The van der Waals surface area contributed by atoms with E-state index in [4.69, 9.17) is 0 Å². The Hall–Kier alpha value is -3.00. The smallest absolute Gasteiger partial charge is 0.335 e.